The van der Waals surface area contributed by atoms with Crippen molar-refractivity contribution in [2.75, 3.05) is 9.80 Å². The molecule has 0 aliphatic heterocycles. The molecule has 0 bridgehead atoms. The summed E-state index contributed by atoms with van der Waals surface area (Å²) in [6.45, 7) is 0. The van der Waals surface area contributed by atoms with E-state index in [0.717, 1.165) is 39.7 Å². The quantitative estimate of drug-likeness (QED) is 0.149. The Bertz CT molecular complexity index is 2630. The third-order valence-electron chi connectivity index (χ3n) is 9.81. The van der Waals surface area contributed by atoms with E-state index in [1.54, 1.807) is 0 Å². The maximum Gasteiger partial charge on any atom is 0.0540 e. The number of hydrogen-bond acceptors (Lipinski definition) is 2. The van der Waals surface area contributed by atoms with E-state index in [9.17, 15) is 0 Å². The fourth-order valence-electron chi connectivity index (χ4n) is 7.30. The number of anilines is 6. The van der Waals surface area contributed by atoms with Crippen molar-refractivity contribution < 1.29 is 0 Å². The van der Waals surface area contributed by atoms with E-state index in [4.69, 9.17) is 0 Å². The van der Waals surface area contributed by atoms with Gasteiger partial charge in [-0.3, -0.25) is 0 Å². The average Bonchev–Trinajstić information content (AvgIpc) is 3.22. The van der Waals surface area contributed by atoms with Gasteiger partial charge in [-0.1, -0.05) is 158 Å². The van der Waals surface area contributed by atoms with Gasteiger partial charge in [0.05, 0.1) is 11.4 Å². The molecule has 0 saturated carbocycles. The number of nitrogens with zero attached hydrogens (tertiary/aromatic N) is 2. The summed E-state index contributed by atoms with van der Waals surface area (Å²) in [5, 5.41) is 7.29. The predicted molar refractivity (Wildman–Crippen MR) is 224 cm³/mol. The number of para-hydroxylation sites is 2. The van der Waals surface area contributed by atoms with Gasteiger partial charge < -0.3 is 9.80 Å². The van der Waals surface area contributed by atoms with Crippen molar-refractivity contribution in [2.24, 2.45) is 0 Å². The van der Waals surface area contributed by atoms with E-state index in [2.05, 4.69) is 228 Å². The van der Waals surface area contributed by atoms with E-state index in [1.807, 2.05) is 0 Å². The molecule has 0 heterocycles. The van der Waals surface area contributed by atoms with Crippen LogP contribution >= 0.6 is 0 Å². The summed E-state index contributed by atoms with van der Waals surface area (Å²) in [6.07, 6.45) is 4.46. The molecule has 0 radical (unpaired) electrons. The molecule has 0 N–H and O–H groups in total. The molecule has 0 aliphatic carbocycles. The van der Waals surface area contributed by atoms with E-state index >= 15 is 0 Å². The van der Waals surface area contributed by atoms with Gasteiger partial charge in [0.15, 0.2) is 0 Å². The van der Waals surface area contributed by atoms with Crippen molar-refractivity contribution >= 4 is 78.6 Å². The van der Waals surface area contributed by atoms with Gasteiger partial charge in [0.2, 0.25) is 0 Å². The Labute approximate surface area is 304 Å². The molecule has 52 heavy (non-hydrogen) atoms. The third-order valence-corrected chi connectivity index (χ3v) is 9.81. The summed E-state index contributed by atoms with van der Waals surface area (Å²) < 4.78 is 0. The number of rotatable bonds is 8. The van der Waals surface area contributed by atoms with Crippen molar-refractivity contribution in [1.82, 2.24) is 0 Å². The van der Waals surface area contributed by atoms with Gasteiger partial charge in [-0.2, -0.15) is 0 Å². The van der Waals surface area contributed by atoms with Crippen molar-refractivity contribution in [1.29, 1.82) is 0 Å². The van der Waals surface area contributed by atoms with Crippen molar-refractivity contribution in [3.8, 4) is 0 Å². The zero-order chi connectivity index (χ0) is 34.7. The molecule has 9 aromatic rings. The summed E-state index contributed by atoms with van der Waals surface area (Å²) in [7, 11) is 0. The minimum atomic E-state index is 1.12. The Kier molecular flexibility index (Phi) is 8.24. The Morgan fingerprint density at radius 3 is 1.56 bits per heavy atom. The molecule has 0 saturated heterocycles. The molecule has 2 heteroatoms. The van der Waals surface area contributed by atoms with Crippen LogP contribution in [0.15, 0.2) is 206 Å². The van der Waals surface area contributed by atoms with E-state index in [0.29, 0.717) is 0 Å². The highest BCUT2D eigenvalue weighted by Crippen LogP contribution is 2.43. The maximum absolute atomic E-state index is 2.43. The largest absolute Gasteiger partial charge is 0.311 e. The Balaban J connectivity index is 1.11. The molecule has 0 atom stereocenters. The number of benzene rings is 9. The van der Waals surface area contributed by atoms with Crippen LogP contribution in [-0.4, -0.2) is 0 Å². The number of fused-ring (bicyclic) bond motifs is 3. The van der Waals surface area contributed by atoms with Crippen LogP contribution in [0, 0.1) is 0 Å². The average molecular weight is 665 g/mol. The van der Waals surface area contributed by atoms with Gasteiger partial charge >= 0.3 is 0 Å². The second kappa shape index (κ2) is 13.8. The van der Waals surface area contributed by atoms with Crippen LogP contribution in [-0.2, 0) is 0 Å². The first-order valence-electron chi connectivity index (χ1n) is 17.8. The molecule has 0 spiro atoms. The van der Waals surface area contributed by atoms with Crippen molar-refractivity contribution in [3.05, 3.63) is 217 Å². The predicted octanol–water partition coefficient (Wildman–Crippen LogP) is 14.3. The molecule has 0 aromatic heterocycles. The zero-order valence-corrected chi connectivity index (χ0v) is 28.7. The molecule has 2 nitrogen and oxygen atoms in total. The van der Waals surface area contributed by atoms with Gasteiger partial charge in [-0.25, -0.2) is 0 Å². The van der Waals surface area contributed by atoms with Crippen LogP contribution < -0.4 is 9.80 Å². The van der Waals surface area contributed by atoms with Crippen LogP contribution in [0.1, 0.15) is 11.1 Å². The van der Waals surface area contributed by atoms with Crippen LogP contribution in [0.4, 0.5) is 34.1 Å². The molecular weight excluding hydrogens is 629 g/mol. The Morgan fingerprint density at radius 1 is 0.288 bits per heavy atom. The standard InChI is InChI=1S/C50H36N2/c1-3-18-42(19-4-1)51(43-20-5-2-6-21-43)44-32-27-37(28-33-44)26-29-40-31-35-50(48-24-12-11-22-46(40)48)52(45-34-30-38-14-7-8-16-41(38)36-45)49-25-13-17-39-15-9-10-23-47(39)49/h1-36H. The molecule has 9 aromatic carbocycles. The lowest BCUT2D eigenvalue weighted by Gasteiger charge is -2.28. The van der Waals surface area contributed by atoms with Crippen LogP contribution in [0.2, 0.25) is 0 Å². The monoisotopic (exact) mass is 664 g/mol. The Morgan fingerprint density at radius 2 is 0.827 bits per heavy atom. The molecular formula is C50H36N2. The number of hydrogen-bond donors (Lipinski definition) is 0. The highest BCUT2D eigenvalue weighted by molar-refractivity contribution is 6.07. The first kappa shape index (κ1) is 31.1. The first-order chi connectivity index (χ1) is 25.8. The van der Waals surface area contributed by atoms with Crippen LogP contribution in [0.3, 0.4) is 0 Å². The van der Waals surface area contributed by atoms with Crippen molar-refractivity contribution in [3.63, 3.8) is 0 Å². The van der Waals surface area contributed by atoms with Gasteiger partial charge in [-0.05, 0) is 93.3 Å². The SMILES string of the molecule is C(=Cc1ccc(N(c2ccc3ccccc3c2)c2cccc3ccccc23)c2ccccc12)c1ccc(N(c2ccccc2)c2ccccc2)cc1. The lowest BCUT2D eigenvalue weighted by molar-refractivity contribution is 1.28. The smallest absolute Gasteiger partial charge is 0.0540 e. The lowest BCUT2D eigenvalue weighted by Crippen LogP contribution is -2.11. The second-order valence-corrected chi connectivity index (χ2v) is 13.0. The van der Waals surface area contributed by atoms with Gasteiger partial charge in [0.1, 0.15) is 0 Å². The molecule has 246 valence electrons. The minimum Gasteiger partial charge on any atom is -0.311 e. The summed E-state index contributed by atoms with van der Waals surface area (Å²) >= 11 is 0. The normalized spacial score (nSPS) is 11.4. The maximum atomic E-state index is 2.43. The fourth-order valence-corrected chi connectivity index (χ4v) is 7.30. The summed E-state index contributed by atoms with van der Waals surface area (Å²) in [4.78, 5) is 4.71. The van der Waals surface area contributed by atoms with E-state index in [-0.39, 0.29) is 0 Å². The third kappa shape index (κ3) is 5.97. The van der Waals surface area contributed by atoms with Gasteiger partial charge in [0.25, 0.3) is 0 Å². The summed E-state index contributed by atoms with van der Waals surface area (Å²) in [6, 6.07) is 73.8. The second-order valence-electron chi connectivity index (χ2n) is 13.0. The first-order valence-corrected chi connectivity index (χ1v) is 17.8. The topological polar surface area (TPSA) is 6.48 Å². The van der Waals surface area contributed by atoms with Gasteiger partial charge in [-0.15, -0.1) is 0 Å². The fraction of sp³-hybridized carbons (Fsp3) is 0. The molecule has 9 rings (SSSR count). The molecule has 0 unspecified atom stereocenters. The van der Waals surface area contributed by atoms with Crippen LogP contribution in [0.25, 0.3) is 44.5 Å². The highest BCUT2D eigenvalue weighted by Gasteiger charge is 2.19. The van der Waals surface area contributed by atoms with Crippen molar-refractivity contribution in [2.45, 2.75) is 0 Å². The van der Waals surface area contributed by atoms with Crippen LogP contribution in [0.5, 0.6) is 0 Å². The Hall–Kier alpha value is -6.90. The minimum absolute atomic E-state index is 1.12. The van der Waals surface area contributed by atoms with E-state index in [1.165, 1.54) is 37.9 Å². The van der Waals surface area contributed by atoms with E-state index < -0.39 is 0 Å². The van der Waals surface area contributed by atoms with Gasteiger partial charge in [0, 0.05) is 33.5 Å². The molecule has 0 aliphatic rings. The summed E-state index contributed by atoms with van der Waals surface area (Å²) in [5.41, 5.74) is 9.12. The highest BCUT2D eigenvalue weighted by atomic mass is 15.1. The zero-order valence-electron chi connectivity index (χ0n) is 28.7. The lowest BCUT2D eigenvalue weighted by atomic mass is 9.99. The molecule has 0 amide bonds. The molecule has 0 fully saturated rings. The summed E-state index contributed by atoms with van der Waals surface area (Å²) in [5.74, 6) is 0.